The predicted octanol–water partition coefficient (Wildman–Crippen LogP) is 3.33. The highest BCUT2D eigenvalue weighted by Gasteiger charge is 2.33. The zero-order valence-electron chi connectivity index (χ0n) is 11.5. The Kier molecular flexibility index (Phi) is 5.77. The smallest absolute Gasteiger partial charge is 0.0269 e. The monoisotopic (exact) mass is 226 g/mol. The summed E-state index contributed by atoms with van der Waals surface area (Å²) in [5, 5.41) is 0. The Hall–Kier alpha value is -0.0800. The molecule has 0 aromatic heterocycles. The third kappa shape index (κ3) is 3.21. The second-order valence-corrected chi connectivity index (χ2v) is 5.91. The van der Waals surface area contributed by atoms with Crippen molar-refractivity contribution >= 4 is 0 Å². The van der Waals surface area contributed by atoms with E-state index in [9.17, 15) is 0 Å². The molecule has 2 nitrogen and oxygen atoms in total. The Bertz CT molecular complexity index is 189. The van der Waals surface area contributed by atoms with E-state index in [0.717, 1.165) is 11.8 Å². The molecule has 0 aliphatic heterocycles. The molecule has 3 N–H and O–H groups in total. The fraction of sp³-hybridized carbons (Fsp3) is 1.00. The normalized spacial score (nSPS) is 30.4. The average Bonchev–Trinajstić information content (AvgIpc) is 2.30. The van der Waals surface area contributed by atoms with Crippen LogP contribution in [0.2, 0.25) is 0 Å². The van der Waals surface area contributed by atoms with Gasteiger partial charge in [-0.25, -0.2) is 0 Å². The van der Waals surface area contributed by atoms with Crippen molar-refractivity contribution < 1.29 is 0 Å². The fourth-order valence-electron chi connectivity index (χ4n) is 3.30. The number of hydrogen-bond donors (Lipinski definition) is 2. The molecule has 4 unspecified atom stereocenters. The van der Waals surface area contributed by atoms with Crippen molar-refractivity contribution in [3.05, 3.63) is 0 Å². The van der Waals surface area contributed by atoms with Crippen molar-refractivity contribution in [3.63, 3.8) is 0 Å². The average molecular weight is 226 g/mol. The lowest BCUT2D eigenvalue weighted by atomic mass is 9.69. The molecule has 0 radical (unpaired) electrons. The summed E-state index contributed by atoms with van der Waals surface area (Å²) < 4.78 is 0. The lowest BCUT2D eigenvalue weighted by molar-refractivity contribution is 0.125. The second kappa shape index (κ2) is 6.61. The predicted molar refractivity (Wildman–Crippen MR) is 70.9 cm³/mol. The Morgan fingerprint density at radius 1 is 1.19 bits per heavy atom. The van der Waals surface area contributed by atoms with Gasteiger partial charge in [-0.15, -0.1) is 0 Å². The van der Waals surface area contributed by atoms with Crippen LogP contribution in [0, 0.1) is 23.7 Å². The molecule has 4 atom stereocenters. The van der Waals surface area contributed by atoms with Gasteiger partial charge in [0.15, 0.2) is 0 Å². The molecular weight excluding hydrogens is 196 g/mol. The summed E-state index contributed by atoms with van der Waals surface area (Å²) in [5.74, 6) is 8.86. The van der Waals surface area contributed by atoms with Gasteiger partial charge in [-0.3, -0.25) is 11.3 Å². The maximum atomic E-state index is 5.81. The van der Waals surface area contributed by atoms with E-state index in [1.807, 2.05) is 0 Å². The van der Waals surface area contributed by atoms with Gasteiger partial charge in [0.2, 0.25) is 0 Å². The van der Waals surface area contributed by atoms with Gasteiger partial charge >= 0.3 is 0 Å². The van der Waals surface area contributed by atoms with E-state index in [2.05, 4.69) is 33.1 Å². The molecule has 1 saturated carbocycles. The van der Waals surface area contributed by atoms with Crippen LogP contribution in [0.1, 0.15) is 59.8 Å². The summed E-state index contributed by atoms with van der Waals surface area (Å²) in [7, 11) is 0. The van der Waals surface area contributed by atoms with Gasteiger partial charge in [0.25, 0.3) is 0 Å². The number of nitrogens with one attached hydrogen (secondary N) is 1. The van der Waals surface area contributed by atoms with Crippen molar-refractivity contribution in [2.24, 2.45) is 29.5 Å². The highest BCUT2D eigenvalue weighted by molar-refractivity contribution is 4.87. The van der Waals surface area contributed by atoms with Crippen LogP contribution in [0.15, 0.2) is 0 Å². The minimum atomic E-state index is 0.505. The van der Waals surface area contributed by atoms with Gasteiger partial charge in [-0.1, -0.05) is 53.4 Å². The van der Waals surface area contributed by atoms with Gasteiger partial charge in [0.05, 0.1) is 0 Å². The molecule has 0 spiro atoms. The summed E-state index contributed by atoms with van der Waals surface area (Å²) in [4.78, 5) is 0. The molecule has 1 rings (SSSR count). The third-order valence-electron chi connectivity index (χ3n) is 4.76. The van der Waals surface area contributed by atoms with E-state index in [1.165, 1.54) is 32.1 Å². The maximum Gasteiger partial charge on any atom is 0.0269 e. The van der Waals surface area contributed by atoms with Crippen molar-refractivity contribution in [3.8, 4) is 0 Å². The molecule has 1 aliphatic carbocycles. The highest BCUT2D eigenvalue weighted by Crippen LogP contribution is 2.37. The first-order valence-electron chi connectivity index (χ1n) is 7.07. The van der Waals surface area contributed by atoms with Crippen LogP contribution in [0.5, 0.6) is 0 Å². The van der Waals surface area contributed by atoms with Crippen LogP contribution < -0.4 is 11.3 Å². The number of nitrogens with two attached hydrogens (primary N) is 1. The van der Waals surface area contributed by atoms with Crippen molar-refractivity contribution in [2.45, 2.75) is 65.8 Å². The van der Waals surface area contributed by atoms with E-state index >= 15 is 0 Å². The van der Waals surface area contributed by atoms with E-state index < -0.39 is 0 Å². The van der Waals surface area contributed by atoms with Crippen LogP contribution in [0.4, 0.5) is 0 Å². The van der Waals surface area contributed by atoms with Gasteiger partial charge < -0.3 is 0 Å². The van der Waals surface area contributed by atoms with Gasteiger partial charge in [0, 0.05) is 6.04 Å². The number of hydrogen-bond acceptors (Lipinski definition) is 2. The maximum absolute atomic E-state index is 5.81. The molecule has 1 aliphatic rings. The summed E-state index contributed by atoms with van der Waals surface area (Å²) in [6.07, 6.45) is 6.90. The Morgan fingerprint density at radius 3 is 2.31 bits per heavy atom. The summed E-state index contributed by atoms with van der Waals surface area (Å²) >= 11 is 0. The Balaban J connectivity index is 2.68. The Labute approximate surface area is 101 Å². The van der Waals surface area contributed by atoms with Crippen molar-refractivity contribution in [2.75, 3.05) is 0 Å². The molecule has 96 valence electrons. The summed E-state index contributed by atoms with van der Waals surface area (Å²) in [6.45, 7) is 9.28. The van der Waals surface area contributed by atoms with E-state index in [-0.39, 0.29) is 0 Å². The van der Waals surface area contributed by atoms with E-state index in [1.54, 1.807) is 0 Å². The molecule has 1 fully saturated rings. The molecule has 0 bridgehead atoms. The number of rotatable bonds is 5. The zero-order valence-corrected chi connectivity index (χ0v) is 11.5. The molecule has 0 aromatic rings. The van der Waals surface area contributed by atoms with Gasteiger partial charge in [-0.05, 0) is 30.1 Å². The topological polar surface area (TPSA) is 38.0 Å². The lowest BCUT2D eigenvalue weighted by Crippen LogP contribution is -2.49. The third-order valence-corrected chi connectivity index (χ3v) is 4.76. The molecule has 2 heteroatoms. The lowest BCUT2D eigenvalue weighted by Gasteiger charge is -2.40. The number of hydrazine groups is 1. The molecule has 0 aromatic carbocycles. The summed E-state index contributed by atoms with van der Waals surface area (Å²) in [6, 6.07) is 0.505. The van der Waals surface area contributed by atoms with Gasteiger partial charge in [-0.2, -0.15) is 0 Å². The van der Waals surface area contributed by atoms with Crippen LogP contribution in [0.3, 0.4) is 0 Å². The molecule has 0 amide bonds. The second-order valence-electron chi connectivity index (χ2n) is 5.91. The van der Waals surface area contributed by atoms with Crippen molar-refractivity contribution in [1.82, 2.24) is 5.43 Å². The first-order valence-corrected chi connectivity index (χ1v) is 7.07. The van der Waals surface area contributed by atoms with Crippen LogP contribution in [-0.4, -0.2) is 6.04 Å². The van der Waals surface area contributed by atoms with Crippen LogP contribution in [-0.2, 0) is 0 Å². The standard InChI is InChI=1S/C14H30N2/c1-5-12-8-6-7-9-13(12)14(16-15)11(4)10(2)3/h10-14,16H,5-9,15H2,1-4H3. The Morgan fingerprint density at radius 2 is 1.81 bits per heavy atom. The fourth-order valence-corrected chi connectivity index (χ4v) is 3.30. The highest BCUT2D eigenvalue weighted by atomic mass is 15.2. The quantitative estimate of drug-likeness (QED) is 0.557. The molecule has 0 heterocycles. The SMILES string of the molecule is CCC1CCCCC1C(NN)C(C)C(C)C. The van der Waals surface area contributed by atoms with Crippen LogP contribution >= 0.6 is 0 Å². The van der Waals surface area contributed by atoms with Crippen LogP contribution in [0.25, 0.3) is 0 Å². The minimum Gasteiger partial charge on any atom is -0.271 e. The van der Waals surface area contributed by atoms with Gasteiger partial charge in [0.1, 0.15) is 0 Å². The van der Waals surface area contributed by atoms with E-state index in [0.29, 0.717) is 17.9 Å². The molecular formula is C14H30N2. The van der Waals surface area contributed by atoms with E-state index in [4.69, 9.17) is 5.84 Å². The zero-order chi connectivity index (χ0) is 12.1. The van der Waals surface area contributed by atoms with Crippen molar-refractivity contribution in [1.29, 1.82) is 0 Å². The first-order chi connectivity index (χ1) is 7.61. The summed E-state index contributed by atoms with van der Waals surface area (Å²) in [5.41, 5.74) is 3.12. The first kappa shape index (κ1) is 14.0. The minimum absolute atomic E-state index is 0.505. The largest absolute Gasteiger partial charge is 0.271 e. The molecule has 0 saturated heterocycles. The molecule has 16 heavy (non-hydrogen) atoms.